The zero-order chi connectivity index (χ0) is 8.60. The lowest BCUT2D eigenvalue weighted by atomic mass is 9.90. The van der Waals surface area contributed by atoms with E-state index in [1.54, 1.807) is 0 Å². The molecule has 2 rings (SSSR count). The summed E-state index contributed by atoms with van der Waals surface area (Å²) in [6.45, 7) is 0.998. The van der Waals surface area contributed by atoms with Gasteiger partial charge in [0.1, 0.15) is 0 Å². The maximum Gasteiger partial charge on any atom is 0.253 e. The average molecular weight is 175 g/mol. The molecular weight excluding hydrogens is 160 g/mol. The van der Waals surface area contributed by atoms with E-state index in [0.717, 1.165) is 6.42 Å². The maximum atomic E-state index is 13.2. The van der Waals surface area contributed by atoms with E-state index in [-0.39, 0.29) is 6.42 Å². The van der Waals surface area contributed by atoms with Crippen LogP contribution in [-0.2, 0) is 0 Å². The molecule has 0 spiro atoms. The van der Waals surface area contributed by atoms with Gasteiger partial charge in [0.15, 0.2) is 0 Å². The fourth-order valence-corrected chi connectivity index (χ4v) is 1.90. The molecule has 1 N–H and O–H groups in total. The van der Waals surface area contributed by atoms with Crippen LogP contribution in [0.1, 0.15) is 25.7 Å². The highest BCUT2D eigenvalue weighted by Gasteiger charge is 2.43. The van der Waals surface area contributed by atoms with Crippen molar-refractivity contribution in [3.8, 4) is 0 Å². The lowest BCUT2D eigenvalue weighted by molar-refractivity contribution is -0.0823. The first-order chi connectivity index (χ1) is 5.68. The van der Waals surface area contributed by atoms with Gasteiger partial charge in [0.2, 0.25) is 0 Å². The topological polar surface area (TPSA) is 12.0 Å². The highest BCUT2D eigenvalue weighted by molar-refractivity contribution is 4.88. The van der Waals surface area contributed by atoms with Gasteiger partial charge in [-0.2, -0.15) is 0 Å². The smallest absolute Gasteiger partial charge is 0.253 e. The maximum absolute atomic E-state index is 13.2. The van der Waals surface area contributed by atoms with Crippen molar-refractivity contribution in [3.05, 3.63) is 0 Å². The Labute approximate surface area is 71.5 Å². The van der Waals surface area contributed by atoms with Gasteiger partial charge in [-0.3, -0.25) is 0 Å². The third kappa shape index (κ3) is 1.76. The Morgan fingerprint density at radius 3 is 2.67 bits per heavy atom. The molecule has 70 valence electrons. The van der Waals surface area contributed by atoms with Crippen molar-refractivity contribution in [1.29, 1.82) is 0 Å². The van der Waals surface area contributed by atoms with E-state index < -0.39 is 11.8 Å². The van der Waals surface area contributed by atoms with E-state index >= 15 is 0 Å². The third-order valence-corrected chi connectivity index (χ3v) is 2.94. The van der Waals surface area contributed by atoms with E-state index in [4.69, 9.17) is 0 Å². The number of rotatable bonds is 2. The van der Waals surface area contributed by atoms with Gasteiger partial charge in [-0.05, 0) is 12.3 Å². The van der Waals surface area contributed by atoms with E-state index in [9.17, 15) is 8.78 Å². The van der Waals surface area contributed by atoms with Gasteiger partial charge in [-0.15, -0.1) is 0 Å². The number of halogens is 2. The zero-order valence-corrected chi connectivity index (χ0v) is 7.15. The Morgan fingerprint density at radius 2 is 2.08 bits per heavy atom. The first kappa shape index (κ1) is 8.42. The number of piperidine rings is 1. The molecule has 1 aliphatic heterocycles. The quantitative estimate of drug-likeness (QED) is 0.677. The monoisotopic (exact) mass is 175 g/mol. The number of alkyl halides is 2. The molecular formula is C9H15F2N. The first-order valence-electron chi connectivity index (χ1n) is 4.77. The Hall–Kier alpha value is -0.180. The molecule has 2 aliphatic rings. The Kier molecular flexibility index (Phi) is 2.07. The van der Waals surface area contributed by atoms with Gasteiger partial charge in [0.25, 0.3) is 5.92 Å². The van der Waals surface area contributed by atoms with Crippen molar-refractivity contribution in [3.63, 3.8) is 0 Å². The second kappa shape index (κ2) is 2.95. The van der Waals surface area contributed by atoms with Crippen LogP contribution in [0, 0.1) is 11.8 Å². The van der Waals surface area contributed by atoms with Crippen LogP contribution in [0.4, 0.5) is 8.78 Å². The van der Waals surface area contributed by atoms with Crippen molar-refractivity contribution in [2.45, 2.75) is 31.6 Å². The zero-order valence-electron chi connectivity index (χ0n) is 7.15. The summed E-state index contributed by atoms with van der Waals surface area (Å²) in [5.41, 5.74) is 0. The highest BCUT2D eigenvalue weighted by Crippen LogP contribution is 2.42. The van der Waals surface area contributed by atoms with E-state index in [1.165, 1.54) is 12.8 Å². The van der Waals surface area contributed by atoms with Crippen molar-refractivity contribution in [2.75, 3.05) is 13.1 Å². The van der Waals surface area contributed by atoms with Crippen LogP contribution in [-0.4, -0.2) is 19.0 Å². The highest BCUT2D eigenvalue weighted by atomic mass is 19.3. The van der Waals surface area contributed by atoms with Gasteiger partial charge >= 0.3 is 0 Å². The van der Waals surface area contributed by atoms with Crippen molar-refractivity contribution in [1.82, 2.24) is 5.32 Å². The molecule has 1 nitrogen and oxygen atoms in total. The summed E-state index contributed by atoms with van der Waals surface area (Å²) < 4.78 is 26.4. The molecule has 0 bridgehead atoms. The molecule has 0 aromatic rings. The van der Waals surface area contributed by atoms with Gasteiger partial charge < -0.3 is 5.32 Å². The van der Waals surface area contributed by atoms with Gasteiger partial charge in [-0.1, -0.05) is 12.8 Å². The second-order valence-electron chi connectivity index (χ2n) is 4.09. The first-order valence-corrected chi connectivity index (χ1v) is 4.77. The Bertz CT molecular complexity index is 166. The number of hydrogen-bond donors (Lipinski definition) is 1. The summed E-state index contributed by atoms with van der Waals surface area (Å²) in [7, 11) is 0. The fraction of sp³-hybridized carbons (Fsp3) is 1.00. The summed E-state index contributed by atoms with van der Waals surface area (Å²) in [5, 5.41) is 3.04. The Balaban J connectivity index is 1.90. The Morgan fingerprint density at radius 1 is 1.33 bits per heavy atom. The molecule has 3 heteroatoms. The number of hydrogen-bond acceptors (Lipinski definition) is 1. The fourth-order valence-electron chi connectivity index (χ4n) is 1.90. The minimum absolute atomic E-state index is 0.0321. The van der Waals surface area contributed by atoms with Crippen LogP contribution in [0.2, 0.25) is 0 Å². The van der Waals surface area contributed by atoms with Crippen molar-refractivity contribution < 1.29 is 8.78 Å². The van der Waals surface area contributed by atoms with Crippen LogP contribution in [0.15, 0.2) is 0 Å². The molecule has 1 saturated heterocycles. The second-order valence-corrected chi connectivity index (χ2v) is 4.09. The molecule has 1 atom stereocenters. The predicted octanol–water partition coefficient (Wildman–Crippen LogP) is 2.03. The predicted molar refractivity (Wildman–Crippen MR) is 43.3 cm³/mol. The van der Waals surface area contributed by atoms with Gasteiger partial charge in [-0.25, -0.2) is 8.78 Å². The largest absolute Gasteiger partial charge is 0.316 e. The molecule has 12 heavy (non-hydrogen) atoms. The molecule has 0 aromatic carbocycles. The van der Waals surface area contributed by atoms with Crippen LogP contribution in [0.5, 0.6) is 0 Å². The minimum atomic E-state index is -2.39. The molecule has 0 aromatic heterocycles. The van der Waals surface area contributed by atoms with Gasteiger partial charge in [0.05, 0.1) is 0 Å². The van der Waals surface area contributed by atoms with Crippen LogP contribution >= 0.6 is 0 Å². The molecule has 0 amide bonds. The number of nitrogens with one attached hydrogen (secondary N) is 1. The average Bonchev–Trinajstić information content (AvgIpc) is 2.77. The summed E-state index contributed by atoms with van der Waals surface area (Å²) >= 11 is 0. The summed E-state index contributed by atoms with van der Waals surface area (Å²) in [5.74, 6) is -2.17. The molecule has 1 heterocycles. The molecule has 1 saturated carbocycles. The van der Waals surface area contributed by atoms with Crippen molar-refractivity contribution in [2.24, 2.45) is 11.8 Å². The van der Waals surface area contributed by atoms with Crippen LogP contribution < -0.4 is 5.32 Å². The van der Waals surface area contributed by atoms with Crippen LogP contribution in [0.25, 0.3) is 0 Å². The molecule has 2 fully saturated rings. The van der Waals surface area contributed by atoms with Crippen LogP contribution in [0.3, 0.4) is 0 Å². The molecule has 0 radical (unpaired) electrons. The van der Waals surface area contributed by atoms with E-state index in [1.807, 2.05) is 0 Å². The molecule has 1 unspecified atom stereocenters. The van der Waals surface area contributed by atoms with E-state index in [2.05, 4.69) is 5.32 Å². The van der Waals surface area contributed by atoms with Gasteiger partial charge in [0, 0.05) is 25.4 Å². The third-order valence-electron chi connectivity index (χ3n) is 2.94. The van der Waals surface area contributed by atoms with Crippen molar-refractivity contribution >= 4 is 0 Å². The normalized spacial score (nSPS) is 35.0. The SMILES string of the molecule is FC1(F)CCNCC1CC1CC1. The lowest BCUT2D eigenvalue weighted by Crippen LogP contribution is -2.44. The lowest BCUT2D eigenvalue weighted by Gasteiger charge is -2.31. The standard InChI is InChI=1S/C9H15F2N/c10-9(11)3-4-12-6-8(9)5-7-1-2-7/h7-8,12H,1-6H2. The summed E-state index contributed by atoms with van der Waals surface area (Å²) in [6, 6.07) is 0. The molecule has 1 aliphatic carbocycles. The minimum Gasteiger partial charge on any atom is -0.316 e. The summed E-state index contributed by atoms with van der Waals surface area (Å²) in [6.07, 6.45) is 3.11. The van der Waals surface area contributed by atoms with E-state index in [0.29, 0.717) is 19.0 Å². The summed E-state index contributed by atoms with van der Waals surface area (Å²) in [4.78, 5) is 0.